The molecule has 0 N–H and O–H groups in total. The van der Waals surface area contributed by atoms with Gasteiger partial charge in [-0.05, 0) is 12.1 Å². The molecule has 1 nitrogen and oxygen atoms in total. The number of nitrogens with zero attached hydrogens (tertiary/aromatic N) is 1. The molecule has 0 atom stereocenters. The molecule has 0 fully saturated rings. The molecule has 1 heteroatoms. The first-order valence-corrected chi connectivity index (χ1v) is 5.77. The zero-order chi connectivity index (χ0) is 12.5. The van der Waals surface area contributed by atoms with Crippen LogP contribution in [0, 0.1) is 0 Å². The monoisotopic (exact) mass is 208 g/mol. The van der Waals surface area contributed by atoms with Crippen molar-refractivity contribution in [2.24, 2.45) is 0 Å². The molecule has 0 radical (unpaired) electrons. The highest BCUT2D eigenvalue weighted by atomic mass is 14.5. The van der Waals surface area contributed by atoms with Gasteiger partial charge in [0.1, 0.15) is 0 Å². The first-order valence-electron chi connectivity index (χ1n) is 5.77. The maximum absolute atomic E-state index is 3.63. The van der Waals surface area contributed by atoms with E-state index < -0.39 is 0 Å². The molecule has 0 aliphatic carbocycles. The quantitative estimate of drug-likeness (QED) is 0.490. The van der Waals surface area contributed by atoms with Gasteiger partial charge in [0.05, 0.1) is 5.56 Å². The molecule has 1 aromatic rings. The summed E-state index contributed by atoms with van der Waals surface area (Å²) in [6.07, 6.45) is 1.72. The van der Waals surface area contributed by atoms with Gasteiger partial charge in [0.15, 0.2) is 0 Å². The lowest BCUT2D eigenvalue weighted by Gasteiger charge is -1.79. The molecular formula is C14H26N+. The minimum Gasteiger partial charge on any atom is -0.108 e. The molecule has 0 heterocycles. The Morgan fingerprint density at radius 2 is 1.27 bits per heavy atom. The lowest BCUT2D eigenvalue weighted by atomic mass is 10.2. The van der Waals surface area contributed by atoms with Crippen molar-refractivity contribution in [3.05, 3.63) is 35.9 Å². The molecule has 1 rings (SSSR count). The Labute approximate surface area is 95.6 Å². The van der Waals surface area contributed by atoms with E-state index in [1.807, 2.05) is 71.9 Å². The predicted octanol–water partition coefficient (Wildman–Crippen LogP) is 3.95. The fourth-order valence-corrected chi connectivity index (χ4v) is 0.645. The summed E-state index contributed by atoms with van der Waals surface area (Å²) in [5, 5.41) is 0. The number of hydrogen-bond donors (Lipinski definition) is 0. The van der Waals surface area contributed by atoms with Gasteiger partial charge < -0.3 is 0 Å². The molecule has 0 aliphatic rings. The lowest BCUT2D eigenvalue weighted by Crippen LogP contribution is -1.79. The second-order valence-corrected chi connectivity index (χ2v) is 1.72. The Bertz CT molecular complexity index is 220. The van der Waals surface area contributed by atoms with Crippen molar-refractivity contribution in [2.75, 3.05) is 0 Å². The fourth-order valence-electron chi connectivity index (χ4n) is 0.645. The van der Waals surface area contributed by atoms with Crippen LogP contribution in [0.3, 0.4) is 0 Å². The molecule has 0 bridgehead atoms. The maximum Gasteiger partial charge on any atom is 0.298 e. The van der Waals surface area contributed by atoms with E-state index in [0.717, 1.165) is 5.56 Å². The van der Waals surface area contributed by atoms with E-state index in [9.17, 15) is 0 Å². The highest BCUT2D eigenvalue weighted by Crippen LogP contribution is 1.91. The van der Waals surface area contributed by atoms with Crippen molar-refractivity contribution in [1.82, 2.24) is 4.67 Å². The van der Waals surface area contributed by atoms with Crippen LogP contribution in [0.25, 0.3) is 0 Å². The highest BCUT2D eigenvalue weighted by Gasteiger charge is 1.85. The van der Waals surface area contributed by atoms with Gasteiger partial charge in [0, 0.05) is 0 Å². The van der Waals surface area contributed by atoms with Crippen LogP contribution in [0.1, 0.15) is 47.1 Å². The van der Waals surface area contributed by atoms with Gasteiger partial charge in [0.2, 0.25) is 0 Å². The van der Waals surface area contributed by atoms with E-state index in [-0.39, 0.29) is 0 Å². The molecule has 0 spiro atoms. The summed E-state index contributed by atoms with van der Waals surface area (Å²) >= 11 is 0. The second-order valence-electron chi connectivity index (χ2n) is 1.72. The first kappa shape index (κ1) is 19.3. The minimum absolute atomic E-state index is 1.09. The first-order chi connectivity index (χ1) is 7.43. The summed E-state index contributed by atoms with van der Waals surface area (Å²) in [5.41, 5.74) is 1.09. The Balaban J connectivity index is -0.000000208. The third-order valence-corrected chi connectivity index (χ3v) is 1.04. The highest BCUT2D eigenvalue weighted by molar-refractivity contribution is 5.79. The van der Waals surface area contributed by atoms with E-state index in [2.05, 4.69) is 11.4 Å². The van der Waals surface area contributed by atoms with Crippen molar-refractivity contribution in [1.29, 1.82) is 0 Å². The predicted molar refractivity (Wildman–Crippen MR) is 74.9 cm³/mol. The summed E-state index contributed by atoms with van der Waals surface area (Å²) in [6.45, 7) is 15.4. The van der Waals surface area contributed by atoms with Crippen LogP contribution >= 0.6 is 0 Å². The van der Waals surface area contributed by atoms with Crippen molar-refractivity contribution in [3.63, 3.8) is 0 Å². The van der Waals surface area contributed by atoms with Gasteiger partial charge in [-0.3, -0.25) is 0 Å². The molecule has 86 valence electrons. The van der Waals surface area contributed by atoms with Gasteiger partial charge in [-0.15, -0.1) is 4.67 Å². The van der Waals surface area contributed by atoms with E-state index in [1.54, 1.807) is 6.21 Å². The van der Waals surface area contributed by atoms with Crippen LogP contribution in [0.5, 0.6) is 0 Å². The summed E-state index contributed by atoms with van der Waals surface area (Å²) in [6, 6.07) is 9.87. The van der Waals surface area contributed by atoms with Gasteiger partial charge in [-0.1, -0.05) is 59.7 Å². The maximum atomic E-state index is 3.63. The van der Waals surface area contributed by atoms with Crippen molar-refractivity contribution in [2.45, 2.75) is 41.5 Å². The van der Waals surface area contributed by atoms with Crippen molar-refractivity contribution < 1.29 is 0 Å². The SMILES string of the molecule is C=[N+]=Cc1ccccc1.CC.CC.CC. The summed E-state index contributed by atoms with van der Waals surface area (Å²) in [4.78, 5) is 0. The van der Waals surface area contributed by atoms with Crippen LogP contribution in [0.2, 0.25) is 0 Å². The third kappa shape index (κ3) is 15.4. The van der Waals surface area contributed by atoms with E-state index >= 15 is 0 Å². The molecule has 1 aromatic carbocycles. The van der Waals surface area contributed by atoms with Crippen LogP contribution in [-0.4, -0.2) is 12.9 Å². The molecular weight excluding hydrogens is 182 g/mol. The molecule has 0 saturated heterocycles. The van der Waals surface area contributed by atoms with E-state index in [4.69, 9.17) is 0 Å². The van der Waals surface area contributed by atoms with Crippen LogP contribution in [0.15, 0.2) is 30.3 Å². The number of benzene rings is 1. The minimum atomic E-state index is 1.09. The molecule has 0 amide bonds. The Hall–Kier alpha value is -1.33. The van der Waals surface area contributed by atoms with Gasteiger partial charge in [-0.2, -0.15) is 0 Å². The normalized spacial score (nSPS) is 6.00. The Morgan fingerprint density at radius 3 is 1.60 bits per heavy atom. The van der Waals surface area contributed by atoms with Crippen LogP contribution in [0.4, 0.5) is 0 Å². The summed E-state index contributed by atoms with van der Waals surface area (Å²) in [5.74, 6) is 0. The molecule has 0 saturated carbocycles. The largest absolute Gasteiger partial charge is 0.298 e. The fraction of sp³-hybridized carbons (Fsp3) is 0.429. The summed E-state index contributed by atoms with van der Waals surface area (Å²) < 4.78 is 3.63. The van der Waals surface area contributed by atoms with Crippen LogP contribution in [-0.2, 0) is 0 Å². The topological polar surface area (TPSA) is 14.1 Å². The van der Waals surface area contributed by atoms with Crippen LogP contribution < -0.4 is 4.67 Å². The smallest absolute Gasteiger partial charge is 0.108 e. The molecule has 15 heavy (non-hydrogen) atoms. The standard InChI is InChI=1S/C8H8N.3C2H6/c1-9-7-8-5-3-2-4-6-8;3*1-2/h2-7H,1H2;3*1-2H3/q+1;;;. The van der Waals surface area contributed by atoms with Crippen molar-refractivity contribution in [3.8, 4) is 0 Å². The van der Waals surface area contributed by atoms with Gasteiger partial charge in [0.25, 0.3) is 12.9 Å². The Kier molecular flexibility index (Phi) is 29.5. The second kappa shape index (κ2) is 23.0. The van der Waals surface area contributed by atoms with Crippen molar-refractivity contribution >= 4 is 12.9 Å². The zero-order valence-electron chi connectivity index (χ0n) is 11.1. The summed E-state index contributed by atoms with van der Waals surface area (Å²) in [7, 11) is 0. The van der Waals surface area contributed by atoms with Gasteiger partial charge in [-0.25, -0.2) is 0 Å². The van der Waals surface area contributed by atoms with Gasteiger partial charge >= 0.3 is 0 Å². The lowest BCUT2D eigenvalue weighted by molar-refractivity contribution is 1.50. The molecule has 0 aromatic heterocycles. The van der Waals surface area contributed by atoms with E-state index in [1.165, 1.54) is 0 Å². The van der Waals surface area contributed by atoms with E-state index in [0.29, 0.717) is 0 Å². The number of rotatable bonds is 1. The number of hydrogen-bond acceptors (Lipinski definition) is 0. The third-order valence-electron chi connectivity index (χ3n) is 1.04. The molecule has 0 unspecified atom stereocenters. The average Bonchev–Trinajstić information content (AvgIpc) is 2.38. The molecule has 0 aliphatic heterocycles. The Morgan fingerprint density at radius 1 is 0.867 bits per heavy atom. The average molecular weight is 208 g/mol. The zero-order valence-corrected chi connectivity index (χ0v) is 11.1.